The highest BCUT2D eigenvalue weighted by Crippen LogP contribution is 2.28. The van der Waals surface area contributed by atoms with Crippen LogP contribution in [0.5, 0.6) is 0 Å². The second-order valence-corrected chi connectivity index (χ2v) is 6.19. The highest BCUT2D eigenvalue weighted by atomic mass is 16.2. The Kier molecular flexibility index (Phi) is 3.12. The molecule has 22 heavy (non-hydrogen) atoms. The molecule has 3 fully saturated rings. The smallest absolute Gasteiger partial charge is 0.272 e. The number of aromatic nitrogens is 2. The van der Waals surface area contributed by atoms with Gasteiger partial charge in [0, 0.05) is 23.5 Å². The number of amides is 1. The Morgan fingerprint density at radius 2 is 2.23 bits per heavy atom. The summed E-state index contributed by atoms with van der Waals surface area (Å²) in [5, 5.41) is 11.0. The molecule has 0 saturated carbocycles. The third-order valence-corrected chi connectivity index (χ3v) is 4.92. The van der Waals surface area contributed by atoms with Crippen LogP contribution in [-0.2, 0) is 0 Å². The van der Waals surface area contributed by atoms with E-state index in [9.17, 15) is 4.79 Å². The van der Waals surface area contributed by atoms with Gasteiger partial charge in [-0.2, -0.15) is 5.10 Å². The quantitative estimate of drug-likeness (QED) is 0.822. The molecule has 0 radical (unpaired) electrons. The minimum Gasteiger partial charge on any atom is -0.346 e. The maximum atomic E-state index is 12.6. The van der Waals surface area contributed by atoms with Gasteiger partial charge in [0.25, 0.3) is 5.91 Å². The zero-order chi connectivity index (χ0) is 15.1. The van der Waals surface area contributed by atoms with Crippen molar-refractivity contribution >= 4 is 16.8 Å². The summed E-state index contributed by atoms with van der Waals surface area (Å²) in [6.45, 7) is 3.27. The molecule has 0 spiro atoms. The van der Waals surface area contributed by atoms with Crippen LogP contribution in [0.3, 0.4) is 0 Å². The number of fused-ring (bicyclic) bond motifs is 4. The van der Waals surface area contributed by atoms with Gasteiger partial charge in [-0.25, -0.2) is 0 Å². The van der Waals surface area contributed by atoms with E-state index in [2.05, 4.69) is 26.3 Å². The number of aromatic amines is 1. The van der Waals surface area contributed by atoms with Crippen LogP contribution in [0.4, 0.5) is 0 Å². The van der Waals surface area contributed by atoms with E-state index in [0.717, 1.165) is 36.1 Å². The summed E-state index contributed by atoms with van der Waals surface area (Å²) < 4.78 is 0. The van der Waals surface area contributed by atoms with Crippen molar-refractivity contribution in [2.45, 2.75) is 18.9 Å². The number of terminal acetylenes is 1. The van der Waals surface area contributed by atoms with E-state index in [1.165, 1.54) is 12.8 Å². The fourth-order valence-corrected chi connectivity index (χ4v) is 3.64. The monoisotopic (exact) mass is 294 g/mol. The minimum absolute atomic E-state index is 0.112. The van der Waals surface area contributed by atoms with Crippen LogP contribution in [0.25, 0.3) is 10.9 Å². The van der Waals surface area contributed by atoms with Crippen molar-refractivity contribution in [2.24, 2.45) is 5.92 Å². The predicted octanol–water partition coefficient (Wildman–Crippen LogP) is 1.37. The lowest BCUT2D eigenvalue weighted by atomic mass is 9.84. The van der Waals surface area contributed by atoms with Crippen molar-refractivity contribution in [2.75, 3.05) is 19.6 Å². The number of rotatable bonds is 2. The molecule has 5 heteroatoms. The molecular formula is C17H18N4O. The highest BCUT2D eigenvalue weighted by Gasteiger charge is 2.35. The van der Waals surface area contributed by atoms with Crippen LogP contribution in [0, 0.1) is 18.3 Å². The number of nitrogens with one attached hydrogen (secondary N) is 2. The Morgan fingerprint density at radius 1 is 1.41 bits per heavy atom. The molecule has 3 saturated heterocycles. The Morgan fingerprint density at radius 3 is 2.91 bits per heavy atom. The first-order chi connectivity index (χ1) is 10.7. The maximum Gasteiger partial charge on any atom is 0.272 e. The van der Waals surface area contributed by atoms with Gasteiger partial charge in [-0.15, -0.1) is 6.42 Å². The van der Waals surface area contributed by atoms with E-state index in [-0.39, 0.29) is 11.9 Å². The topological polar surface area (TPSA) is 61.0 Å². The molecule has 1 atom stereocenters. The molecule has 2 N–H and O–H groups in total. The third kappa shape index (κ3) is 2.16. The minimum atomic E-state index is -0.112. The predicted molar refractivity (Wildman–Crippen MR) is 84.4 cm³/mol. The highest BCUT2D eigenvalue weighted by molar-refractivity contribution is 6.05. The molecule has 4 heterocycles. The molecule has 1 amide bonds. The van der Waals surface area contributed by atoms with Crippen LogP contribution < -0.4 is 5.32 Å². The number of carbonyl (C=O) groups excluding carboxylic acids is 1. The van der Waals surface area contributed by atoms with Crippen LogP contribution in [0.2, 0.25) is 0 Å². The van der Waals surface area contributed by atoms with Gasteiger partial charge in [0.2, 0.25) is 0 Å². The summed E-state index contributed by atoms with van der Waals surface area (Å²) in [5.41, 5.74) is 2.02. The van der Waals surface area contributed by atoms with E-state index < -0.39 is 0 Å². The third-order valence-electron chi connectivity index (χ3n) is 4.92. The second-order valence-electron chi connectivity index (χ2n) is 6.19. The van der Waals surface area contributed by atoms with Crippen LogP contribution >= 0.6 is 0 Å². The maximum absolute atomic E-state index is 12.6. The molecule has 1 aromatic heterocycles. The lowest BCUT2D eigenvalue weighted by Crippen LogP contribution is -2.57. The number of carbonyl (C=O) groups is 1. The molecule has 3 aliphatic rings. The van der Waals surface area contributed by atoms with E-state index >= 15 is 0 Å². The van der Waals surface area contributed by atoms with E-state index in [0.29, 0.717) is 11.6 Å². The second kappa shape index (κ2) is 5.15. The van der Waals surface area contributed by atoms with Crippen molar-refractivity contribution in [3.05, 3.63) is 29.5 Å². The Hall–Kier alpha value is -2.32. The summed E-state index contributed by atoms with van der Waals surface area (Å²) in [6.07, 6.45) is 7.79. The molecule has 112 valence electrons. The summed E-state index contributed by atoms with van der Waals surface area (Å²) in [7, 11) is 0. The lowest BCUT2D eigenvalue weighted by Gasteiger charge is -2.44. The molecular weight excluding hydrogens is 276 g/mol. The van der Waals surface area contributed by atoms with Gasteiger partial charge >= 0.3 is 0 Å². The Bertz CT molecular complexity index is 765. The zero-order valence-electron chi connectivity index (χ0n) is 12.3. The fraction of sp³-hybridized carbons (Fsp3) is 0.412. The van der Waals surface area contributed by atoms with Crippen molar-refractivity contribution in [3.63, 3.8) is 0 Å². The summed E-state index contributed by atoms with van der Waals surface area (Å²) in [6, 6.07) is 5.78. The first-order valence-electron chi connectivity index (χ1n) is 7.72. The molecule has 2 aromatic rings. The molecule has 5 rings (SSSR count). The standard InChI is InChI=1S/C17H18N4O/c1-2-11-3-4-14-13(9-11)16(20-19-14)17(22)18-15-10-21-7-5-12(15)6-8-21/h1,3-4,9,12,15H,5-8,10H2,(H,18,22)(H,19,20)/t15-/m1/s1. The van der Waals surface area contributed by atoms with Crippen molar-refractivity contribution in [3.8, 4) is 12.3 Å². The van der Waals surface area contributed by atoms with E-state index in [1.807, 2.05) is 18.2 Å². The van der Waals surface area contributed by atoms with E-state index in [4.69, 9.17) is 6.42 Å². The normalized spacial score (nSPS) is 26.8. The molecule has 1 aromatic carbocycles. The number of hydrogen-bond acceptors (Lipinski definition) is 3. The van der Waals surface area contributed by atoms with Gasteiger partial charge in [-0.1, -0.05) is 5.92 Å². The number of nitrogens with zero attached hydrogens (tertiary/aromatic N) is 2. The number of benzene rings is 1. The first-order valence-corrected chi connectivity index (χ1v) is 7.72. The van der Waals surface area contributed by atoms with Crippen LogP contribution in [-0.4, -0.2) is 46.7 Å². The molecule has 3 aliphatic heterocycles. The van der Waals surface area contributed by atoms with Crippen LogP contribution in [0.15, 0.2) is 18.2 Å². The molecule has 5 nitrogen and oxygen atoms in total. The SMILES string of the molecule is C#Cc1ccc2[nH]nc(C(=O)N[C@@H]3CN4CCC3CC4)c2c1. The Labute approximate surface area is 129 Å². The molecule has 0 unspecified atom stereocenters. The fourth-order valence-electron chi connectivity index (χ4n) is 3.64. The summed E-state index contributed by atoms with van der Waals surface area (Å²) in [5.74, 6) is 3.08. The lowest BCUT2D eigenvalue weighted by molar-refractivity contribution is 0.0618. The largest absolute Gasteiger partial charge is 0.346 e. The van der Waals surface area contributed by atoms with Gasteiger partial charge < -0.3 is 10.2 Å². The summed E-state index contributed by atoms with van der Waals surface area (Å²) in [4.78, 5) is 15.0. The number of hydrogen-bond donors (Lipinski definition) is 2. The van der Waals surface area contributed by atoms with Gasteiger partial charge in [-0.05, 0) is 50.0 Å². The Balaban J connectivity index is 1.59. The number of H-pyrrole nitrogens is 1. The van der Waals surface area contributed by atoms with Crippen molar-refractivity contribution in [1.82, 2.24) is 20.4 Å². The number of piperidine rings is 3. The zero-order valence-corrected chi connectivity index (χ0v) is 12.3. The van der Waals surface area contributed by atoms with Crippen molar-refractivity contribution in [1.29, 1.82) is 0 Å². The van der Waals surface area contributed by atoms with Gasteiger partial charge in [0.05, 0.1) is 5.52 Å². The average Bonchev–Trinajstić information content (AvgIpc) is 2.99. The van der Waals surface area contributed by atoms with Crippen LogP contribution in [0.1, 0.15) is 28.9 Å². The van der Waals surface area contributed by atoms with Gasteiger partial charge in [0.15, 0.2) is 5.69 Å². The molecule has 0 aliphatic carbocycles. The van der Waals surface area contributed by atoms with E-state index in [1.54, 1.807) is 0 Å². The first kappa shape index (κ1) is 13.4. The average molecular weight is 294 g/mol. The molecule has 2 bridgehead atoms. The summed E-state index contributed by atoms with van der Waals surface area (Å²) >= 11 is 0. The van der Waals surface area contributed by atoms with Gasteiger partial charge in [0.1, 0.15) is 0 Å². The van der Waals surface area contributed by atoms with Gasteiger partial charge in [-0.3, -0.25) is 9.89 Å². The van der Waals surface area contributed by atoms with Crippen molar-refractivity contribution < 1.29 is 4.79 Å².